The van der Waals surface area contributed by atoms with Crippen molar-refractivity contribution in [3.63, 3.8) is 0 Å². The van der Waals surface area contributed by atoms with E-state index >= 15 is 0 Å². The molecule has 0 radical (unpaired) electrons. The predicted molar refractivity (Wildman–Crippen MR) is 81.9 cm³/mol. The van der Waals surface area contributed by atoms with Gasteiger partial charge in [-0.25, -0.2) is 0 Å². The molecule has 1 saturated heterocycles. The lowest BCUT2D eigenvalue weighted by Crippen LogP contribution is -2.45. The van der Waals surface area contributed by atoms with Crippen LogP contribution in [0.3, 0.4) is 0 Å². The number of ketones is 1. The molecule has 1 atom stereocenters. The molecule has 110 valence electrons. The number of carbonyl (C=O) groups excluding carboxylic acids is 1. The number of benzene rings is 1. The zero-order valence-electron chi connectivity index (χ0n) is 11.7. The number of carbonyl (C=O) groups is 1. The van der Waals surface area contributed by atoms with Gasteiger partial charge in [0, 0.05) is 30.8 Å². The molecule has 2 rings (SSSR count). The van der Waals surface area contributed by atoms with Crippen LogP contribution in [-0.4, -0.2) is 43.0 Å². The van der Waals surface area contributed by atoms with E-state index in [1.54, 1.807) is 25.3 Å². The molecule has 1 unspecified atom stereocenters. The third kappa shape index (κ3) is 3.53. The lowest BCUT2D eigenvalue weighted by molar-refractivity contribution is 0.0289. The fourth-order valence-electron chi connectivity index (χ4n) is 2.58. The number of methoxy groups -OCH3 is 1. The number of ether oxygens (including phenoxy) is 1. The second-order valence-electron chi connectivity index (χ2n) is 5.14. The van der Waals surface area contributed by atoms with E-state index in [4.69, 9.17) is 27.9 Å². The molecule has 0 aliphatic carbocycles. The second-order valence-corrected chi connectivity index (χ2v) is 5.98. The zero-order chi connectivity index (χ0) is 14.7. The molecule has 0 saturated carbocycles. The molecule has 0 aromatic heterocycles. The second kappa shape index (κ2) is 6.90. The number of hydrogen-bond donors (Lipinski definition) is 0. The SMILES string of the molecule is COC1CCN(C(C)C(=O)c2ccc(Cl)cc2Cl)CC1. The van der Waals surface area contributed by atoms with Crippen molar-refractivity contribution in [2.45, 2.75) is 31.9 Å². The van der Waals surface area contributed by atoms with Crippen molar-refractivity contribution in [1.82, 2.24) is 4.90 Å². The van der Waals surface area contributed by atoms with Gasteiger partial charge in [-0.1, -0.05) is 23.2 Å². The number of hydrogen-bond acceptors (Lipinski definition) is 3. The van der Waals surface area contributed by atoms with E-state index in [2.05, 4.69) is 4.90 Å². The van der Waals surface area contributed by atoms with E-state index in [1.165, 1.54) is 0 Å². The van der Waals surface area contributed by atoms with Gasteiger partial charge >= 0.3 is 0 Å². The molecule has 3 nitrogen and oxygen atoms in total. The highest BCUT2D eigenvalue weighted by Gasteiger charge is 2.28. The molecule has 20 heavy (non-hydrogen) atoms. The molecule has 1 aromatic carbocycles. The van der Waals surface area contributed by atoms with Gasteiger partial charge in [0.05, 0.1) is 17.2 Å². The molecule has 0 amide bonds. The predicted octanol–water partition coefficient (Wildman–Crippen LogP) is 3.68. The van der Waals surface area contributed by atoms with Crippen molar-refractivity contribution in [2.75, 3.05) is 20.2 Å². The van der Waals surface area contributed by atoms with Gasteiger partial charge < -0.3 is 4.74 Å². The Balaban J connectivity index is 2.05. The van der Waals surface area contributed by atoms with Crippen molar-refractivity contribution in [1.29, 1.82) is 0 Å². The van der Waals surface area contributed by atoms with E-state index in [1.807, 2.05) is 6.92 Å². The molecule has 0 bridgehead atoms. The molecule has 5 heteroatoms. The Hall–Kier alpha value is -0.610. The highest BCUT2D eigenvalue weighted by molar-refractivity contribution is 6.37. The molecule has 1 aliphatic heterocycles. The maximum atomic E-state index is 12.5. The summed E-state index contributed by atoms with van der Waals surface area (Å²) in [6.07, 6.45) is 2.23. The Morgan fingerprint density at radius 2 is 2.00 bits per heavy atom. The lowest BCUT2D eigenvalue weighted by atomic mass is 10.0. The van der Waals surface area contributed by atoms with Gasteiger partial charge in [0.1, 0.15) is 0 Å². The number of Topliss-reactive ketones (excluding diaryl/α,β-unsaturated/α-hetero) is 1. The fraction of sp³-hybridized carbons (Fsp3) is 0.533. The maximum absolute atomic E-state index is 12.5. The monoisotopic (exact) mass is 315 g/mol. The van der Waals surface area contributed by atoms with Gasteiger partial charge in [0.15, 0.2) is 5.78 Å². The van der Waals surface area contributed by atoms with Gasteiger partial charge in [-0.3, -0.25) is 9.69 Å². The van der Waals surface area contributed by atoms with Gasteiger partial charge in [0.2, 0.25) is 0 Å². The van der Waals surface area contributed by atoms with Crippen molar-refractivity contribution < 1.29 is 9.53 Å². The van der Waals surface area contributed by atoms with Gasteiger partial charge in [-0.2, -0.15) is 0 Å². The highest BCUT2D eigenvalue weighted by Crippen LogP contribution is 2.24. The molecule has 1 aromatic rings. The quantitative estimate of drug-likeness (QED) is 0.794. The summed E-state index contributed by atoms with van der Waals surface area (Å²) in [6, 6.07) is 4.84. The molecule has 1 fully saturated rings. The number of halogens is 2. The molecular weight excluding hydrogens is 297 g/mol. The molecule has 1 aliphatic rings. The Morgan fingerprint density at radius 3 is 2.55 bits per heavy atom. The first-order valence-electron chi connectivity index (χ1n) is 6.79. The molecule has 1 heterocycles. The minimum Gasteiger partial charge on any atom is -0.381 e. The zero-order valence-corrected chi connectivity index (χ0v) is 13.2. The lowest BCUT2D eigenvalue weighted by Gasteiger charge is -2.34. The van der Waals surface area contributed by atoms with Crippen molar-refractivity contribution in [3.05, 3.63) is 33.8 Å². The maximum Gasteiger partial charge on any atom is 0.181 e. The van der Waals surface area contributed by atoms with Crippen LogP contribution >= 0.6 is 23.2 Å². The summed E-state index contributed by atoms with van der Waals surface area (Å²) >= 11 is 12.0. The van der Waals surface area contributed by atoms with Crippen LogP contribution in [0.25, 0.3) is 0 Å². The topological polar surface area (TPSA) is 29.5 Å². The highest BCUT2D eigenvalue weighted by atomic mass is 35.5. The van der Waals surface area contributed by atoms with Crippen LogP contribution in [0.1, 0.15) is 30.1 Å². The Labute approximate surface area is 129 Å². The summed E-state index contributed by atoms with van der Waals surface area (Å²) in [7, 11) is 1.74. The van der Waals surface area contributed by atoms with Crippen LogP contribution in [0.15, 0.2) is 18.2 Å². The number of likely N-dealkylation sites (tertiary alicyclic amines) is 1. The molecular formula is C15H19Cl2NO2. The van der Waals surface area contributed by atoms with E-state index < -0.39 is 0 Å². The Morgan fingerprint density at radius 1 is 1.35 bits per heavy atom. The van der Waals surface area contributed by atoms with Gasteiger partial charge in [0.25, 0.3) is 0 Å². The van der Waals surface area contributed by atoms with Crippen molar-refractivity contribution in [3.8, 4) is 0 Å². The van der Waals surface area contributed by atoms with E-state index in [-0.39, 0.29) is 11.8 Å². The van der Waals surface area contributed by atoms with Crippen LogP contribution < -0.4 is 0 Å². The summed E-state index contributed by atoms with van der Waals surface area (Å²) in [5.74, 6) is 0.0440. The third-order valence-corrected chi connectivity index (χ3v) is 4.48. The summed E-state index contributed by atoms with van der Waals surface area (Å²) in [4.78, 5) is 14.7. The average Bonchev–Trinajstić information content (AvgIpc) is 2.46. The van der Waals surface area contributed by atoms with Gasteiger partial charge in [-0.05, 0) is 38.0 Å². The first-order valence-corrected chi connectivity index (χ1v) is 7.54. The minimum atomic E-state index is -0.175. The summed E-state index contributed by atoms with van der Waals surface area (Å²) in [6.45, 7) is 3.67. The number of rotatable bonds is 4. The summed E-state index contributed by atoms with van der Waals surface area (Å²) < 4.78 is 5.35. The van der Waals surface area contributed by atoms with Gasteiger partial charge in [-0.15, -0.1) is 0 Å². The van der Waals surface area contributed by atoms with Crippen molar-refractivity contribution in [2.24, 2.45) is 0 Å². The van der Waals surface area contributed by atoms with Crippen LogP contribution in [0.4, 0.5) is 0 Å². The smallest absolute Gasteiger partial charge is 0.181 e. The van der Waals surface area contributed by atoms with Crippen LogP contribution in [0.2, 0.25) is 10.0 Å². The van der Waals surface area contributed by atoms with Crippen LogP contribution in [0.5, 0.6) is 0 Å². The summed E-state index contributed by atoms with van der Waals surface area (Å²) in [5, 5.41) is 0.959. The van der Waals surface area contributed by atoms with E-state index in [9.17, 15) is 4.79 Å². The largest absolute Gasteiger partial charge is 0.381 e. The average molecular weight is 316 g/mol. The first kappa shape index (κ1) is 15.8. The van der Waals surface area contributed by atoms with E-state index in [0.717, 1.165) is 25.9 Å². The molecule has 0 N–H and O–H groups in total. The first-order chi connectivity index (χ1) is 9.52. The van der Waals surface area contributed by atoms with Crippen molar-refractivity contribution >= 4 is 29.0 Å². The standard InChI is InChI=1S/C15H19Cl2NO2/c1-10(18-7-5-12(20-2)6-8-18)15(19)13-4-3-11(16)9-14(13)17/h3-4,9-10,12H,5-8H2,1-2H3. The van der Waals surface area contributed by atoms with Crippen LogP contribution in [-0.2, 0) is 4.74 Å². The number of piperidine rings is 1. The summed E-state index contributed by atoms with van der Waals surface area (Å²) in [5.41, 5.74) is 0.539. The minimum absolute atomic E-state index is 0.0440. The molecule has 0 spiro atoms. The number of nitrogens with zero attached hydrogens (tertiary/aromatic N) is 1. The van der Waals surface area contributed by atoms with Crippen LogP contribution in [0, 0.1) is 0 Å². The fourth-order valence-corrected chi connectivity index (χ4v) is 3.08. The Kier molecular flexibility index (Phi) is 5.44. The Bertz CT molecular complexity index is 485. The van der Waals surface area contributed by atoms with E-state index in [0.29, 0.717) is 21.7 Å². The normalized spacial score (nSPS) is 19.0. The third-order valence-electron chi connectivity index (χ3n) is 3.93.